The van der Waals surface area contributed by atoms with Crippen molar-refractivity contribution in [2.75, 3.05) is 7.11 Å². The lowest BCUT2D eigenvalue weighted by atomic mass is 9.66. The van der Waals surface area contributed by atoms with E-state index in [1.807, 2.05) is 13.8 Å². The first-order valence-electron chi connectivity index (χ1n) is 9.94. The first-order valence-corrected chi connectivity index (χ1v) is 9.94. The normalized spacial score (nSPS) is 26.7. The van der Waals surface area contributed by atoms with Crippen molar-refractivity contribution in [1.29, 1.82) is 0 Å². The van der Waals surface area contributed by atoms with Crippen LogP contribution in [0.3, 0.4) is 0 Å². The highest BCUT2D eigenvalue weighted by molar-refractivity contribution is 5.87. The second-order valence-corrected chi connectivity index (χ2v) is 7.77. The number of pyridine rings is 1. The van der Waals surface area contributed by atoms with Crippen LogP contribution >= 0.6 is 0 Å². The molecule has 2 heterocycles. The summed E-state index contributed by atoms with van der Waals surface area (Å²) >= 11 is 0. The number of hydrogen-bond acceptors (Lipinski definition) is 6. The summed E-state index contributed by atoms with van der Waals surface area (Å²) < 4.78 is 10.2. The summed E-state index contributed by atoms with van der Waals surface area (Å²) in [5.74, 6) is 0.694. The molecule has 2 aromatic heterocycles. The predicted octanol–water partition coefficient (Wildman–Crippen LogP) is 4.95. The van der Waals surface area contributed by atoms with Crippen LogP contribution < -0.4 is 0 Å². The Morgan fingerprint density at radius 2 is 1.81 bits per heavy atom. The van der Waals surface area contributed by atoms with Crippen LogP contribution in [0.25, 0.3) is 11.6 Å². The highest BCUT2D eigenvalue weighted by atomic mass is 16.5. The fourth-order valence-electron chi connectivity index (χ4n) is 4.34. The summed E-state index contributed by atoms with van der Waals surface area (Å²) in [5.41, 5.74) is 1.27. The van der Waals surface area contributed by atoms with Crippen molar-refractivity contribution in [3.05, 3.63) is 29.7 Å². The average Bonchev–Trinajstić information content (AvgIpc) is 3.08. The Morgan fingerprint density at radius 1 is 1.07 bits per heavy atom. The quantitative estimate of drug-likeness (QED) is 0.711. The molecule has 0 aliphatic heterocycles. The van der Waals surface area contributed by atoms with Crippen LogP contribution in [0.15, 0.2) is 22.7 Å². The number of carbonyl (C=O) groups is 1. The van der Waals surface area contributed by atoms with Gasteiger partial charge in [-0.1, -0.05) is 38.4 Å². The molecule has 3 aliphatic carbocycles. The molecule has 6 nitrogen and oxygen atoms in total. The molecule has 2 aromatic rings. The molecular weight excluding hydrogens is 342 g/mol. The van der Waals surface area contributed by atoms with E-state index in [1.54, 1.807) is 18.2 Å². The van der Waals surface area contributed by atoms with Gasteiger partial charge in [-0.3, -0.25) is 0 Å². The third kappa shape index (κ3) is 3.75. The lowest BCUT2D eigenvalue weighted by molar-refractivity contribution is 0.0594. The van der Waals surface area contributed by atoms with Gasteiger partial charge >= 0.3 is 5.97 Å². The van der Waals surface area contributed by atoms with Gasteiger partial charge in [-0.15, -0.1) is 0 Å². The van der Waals surface area contributed by atoms with Crippen LogP contribution in [0.4, 0.5) is 0 Å². The highest BCUT2D eigenvalue weighted by Crippen LogP contribution is 2.54. The minimum Gasteiger partial charge on any atom is -0.464 e. The van der Waals surface area contributed by atoms with Gasteiger partial charge in [0.05, 0.1) is 7.11 Å². The Balaban J connectivity index is 0.00000102. The maximum Gasteiger partial charge on any atom is 0.356 e. The molecule has 0 radical (unpaired) electrons. The summed E-state index contributed by atoms with van der Waals surface area (Å²) in [4.78, 5) is 20.6. The van der Waals surface area contributed by atoms with Crippen molar-refractivity contribution in [3.8, 4) is 11.6 Å². The Hall–Kier alpha value is -2.24. The Bertz CT molecular complexity index is 791. The van der Waals surface area contributed by atoms with Crippen molar-refractivity contribution in [2.45, 2.75) is 71.1 Å². The number of fused-ring (bicyclic) bond motifs is 4. The Kier molecular flexibility index (Phi) is 5.63. The van der Waals surface area contributed by atoms with E-state index in [2.05, 4.69) is 22.0 Å². The first-order chi connectivity index (χ1) is 13.0. The summed E-state index contributed by atoms with van der Waals surface area (Å²) in [6.45, 7) is 6.41. The van der Waals surface area contributed by atoms with Gasteiger partial charge in [0.15, 0.2) is 5.82 Å². The van der Waals surface area contributed by atoms with Gasteiger partial charge < -0.3 is 9.26 Å². The zero-order chi connectivity index (χ0) is 19.5. The molecule has 146 valence electrons. The summed E-state index contributed by atoms with van der Waals surface area (Å²) in [6, 6.07) is 5.12. The fraction of sp³-hybridized carbons (Fsp3) is 0.619. The lowest BCUT2D eigenvalue weighted by Gasteiger charge is -2.39. The molecule has 27 heavy (non-hydrogen) atoms. The molecular formula is C21H29N3O3. The van der Waals surface area contributed by atoms with E-state index in [1.165, 1.54) is 32.8 Å². The fourth-order valence-corrected chi connectivity index (χ4v) is 4.34. The number of hydrogen-bond donors (Lipinski definition) is 0. The van der Waals surface area contributed by atoms with Crippen LogP contribution in [0, 0.1) is 5.41 Å². The summed E-state index contributed by atoms with van der Waals surface area (Å²) in [7, 11) is 1.34. The van der Waals surface area contributed by atoms with E-state index in [9.17, 15) is 4.79 Å². The second-order valence-electron chi connectivity index (χ2n) is 7.77. The van der Waals surface area contributed by atoms with E-state index in [0.717, 1.165) is 25.1 Å². The average molecular weight is 371 g/mol. The molecule has 3 fully saturated rings. The third-order valence-corrected chi connectivity index (χ3v) is 6.11. The number of nitrogens with zero attached hydrogens (tertiary/aromatic N) is 3. The predicted molar refractivity (Wildman–Crippen MR) is 102 cm³/mol. The zero-order valence-electron chi connectivity index (χ0n) is 16.7. The monoisotopic (exact) mass is 371 g/mol. The summed E-state index contributed by atoms with van der Waals surface area (Å²) in [6.07, 6.45) is 8.34. The van der Waals surface area contributed by atoms with Gasteiger partial charge in [0, 0.05) is 5.41 Å². The number of ether oxygens (including phenoxy) is 1. The number of methoxy groups -OCH3 is 1. The van der Waals surface area contributed by atoms with Crippen LogP contribution in [0.5, 0.6) is 0 Å². The molecule has 0 unspecified atom stereocenters. The third-order valence-electron chi connectivity index (χ3n) is 6.11. The number of carbonyl (C=O) groups excluding carboxylic acids is 1. The van der Waals surface area contributed by atoms with Crippen molar-refractivity contribution < 1.29 is 14.1 Å². The van der Waals surface area contributed by atoms with Crippen LogP contribution in [0.2, 0.25) is 0 Å². The number of rotatable bonds is 3. The van der Waals surface area contributed by atoms with Gasteiger partial charge in [-0.05, 0) is 56.1 Å². The molecule has 0 saturated heterocycles. The number of esters is 1. The molecule has 0 amide bonds. The second kappa shape index (κ2) is 7.79. The van der Waals surface area contributed by atoms with Crippen LogP contribution in [0.1, 0.15) is 82.0 Å². The molecule has 0 aromatic carbocycles. The minimum absolute atomic E-state index is 0.0394. The van der Waals surface area contributed by atoms with E-state index < -0.39 is 5.97 Å². The van der Waals surface area contributed by atoms with E-state index in [0.29, 0.717) is 17.0 Å². The zero-order valence-corrected chi connectivity index (χ0v) is 16.7. The molecule has 5 rings (SSSR count). The van der Waals surface area contributed by atoms with Gasteiger partial charge in [-0.2, -0.15) is 4.98 Å². The van der Waals surface area contributed by atoms with Gasteiger partial charge in [0.1, 0.15) is 11.4 Å². The molecule has 3 aliphatic rings. The van der Waals surface area contributed by atoms with Gasteiger partial charge in [0.25, 0.3) is 5.89 Å². The minimum atomic E-state index is -0.476. The number of aromatic nitrogens is 3. The van der Waals surface area contributed by atoms with Crippen LogP contribution in [-0.4, -0.2) is 28.2 Å². The van der Waals surface area contributed by atoms with Crippen molar-refractivity contribution in [1.82, 2.24) is 15.1 Å². The topological polar surface area (TPSA) is 78.1 Å². The van der Waals surface area contributed by atoms with Crippen molar-refractivity contribution in [3.63, 3.8) is 0 Å². The van der Waals surface area contributed by atoms with Gasteiger partial charge in [-0.25, -0.2) is 9.78 Å². The molecule has 0 spiro atoms. The van der Waals surface area contributed by atoms with Gasteiger partial charge in [0.2, 0.25) is 0 Å². The largest absolute Gasteiger partial charge is 0.464 e. The SMILES string of the molecule is CC.COC(=O)c1cccc(-c2nc(C34CCCC(C)(CC3)CC4)no2)n1. The smallest absolute Gasteiger partial charge is 0.356 e. The van der Waals surface area contributed by atoms with Crippen molar-refractivity contribution >= 4 is 5.97 Å². The summed E-state index contributed by atoms with van der Waals surface area (Å²) in [5, 5.41) is 4.30. The molecule has 0 N–H and O–H groups in total. The standard InChI is InChI=1S/C19H23N3O3.C2H6/c1-18-7-4-8-19(11-9-18,12-10-18)17-21-15(25-22-17)13-5-3-6-14(20-13)16(23)24-2;1-2/h3,5-6H,4,7-12H2,1-2H3;1-2H3. The Labute approximate surface area is 160 Å². The van der Waals surface area contributed by atoms with Crippen molar-refractivity contribution in [2.24, 2.45) is 5.41 Å². The highest BCUT2D eigenvalue weighted by Gasteiger charge is 2.46. The molecule has 0 atom stereocenters. The lowest BCUT2D eigenvalue weighted by Crippen LogP contribution is -2.33. The molecule has 6 heteroatoms. The Morgan fingerprint density at radius 3 is 2.52 bits per heavy atom. The molecule has 3 saturated carbocycles. The van der Waals surface area contributed by atoms with E-state index in [4.69, 9.17) is 9.26 Å². The maximum atomic E-state index is 11.7. The van der Waals surface area contributed by atoms with E-state index >= 15 is 0 Å². The maximum absolute atomic E-state index is 11.7. The first kappa shape index (κ1) is 19.5. The van der Waals surface area contributed by atoms with E-state index in [-0.39, 0.29) is 11.1 Å². The van der Waals surface area contributed by atoms with Crippen LogP contribution in [-0.2, 0) is 10.2 Å². The molecule has 2 bridgehead atoms.